The topological polar surface area (TPSA) is 61.4 Å². The molecule has 1 spiro atoms. The molecule has 0 radical (unpaired) electrons. The number of carbonyl (C=O) groups excluding carboxylic acids is 2. The molecule has 0 saturated carbocycles. The van der Waals surface area contributed by atoms with E-state index in [1.54, 1.807) is 0 Å². The normalized spacial score (nSPS) is 25.5. The van der Waals surface area contributed by atoms with Crippen LogP contribution >= 0.6 is 12.4 Å². The largest absolute Gasteiger partial charge is 0.371 e. The van der Waals surface area contributed by atoms with E-state index in [0.29, 0.717) is 18.3 Å². The standard InChI is InChI=1S/C20H27N3O2.ClH/c24-18-6-5-17(19(25)22-18)15-1-3-16(4-2-15)23-13-9-20(10-14-23)7-11-21-12-8-20;/h1-4,17,21H,5-14H2,(H,22,24,25);1H/t17-;/m1./s1. The number of imide groups is 1. The Morgan fingerprint density at radius 3 is 2.23 bits per heavy atom. The van der Waals surface area contributed by atoms with Crippen molar-refractivity contribution in [2.75, 3.05) is 31.1 Å². The van der Waals surface area contributed by atoms with E-state index in [0.717, 1.165) is 18.7 Å². The fourth-order valence-electron chi connectivity index (χ4n) is 4.63. The lowest BCUT2D eigenvalue weighted by Crippen LogP contribution is -2.45. The molecular formula is C20H28ClN3O2. The van der Waals surface area contributed by atoms with Gasteiger partial charge in [-0.1, -0.05) is 12.1 Å². The molecule has 4 rings (SSSR count). The van der Waals surface area contributed by atoms with E-state index in [4.69, 9.17) is 0 Å². The Balaban J connectivity index is 0.00000196. The van der Waals surface area contributed by atoms with Gasteiger partial charge in [-0.2, -0.15) is 0 Å². The van der Waals surface area contributed by atoms with E-state index < -0.39 is 0 Å². The fraction of sp³-hybridized carbons (Fsp3) is 0.600. The number of rotatable bonds is 2. The molecule has 6 heteroatoms. The first-order valence-electron chi connectivity index (χ1n) is 9.55. The Hall–Kier alpha value is -1.59. The summed E-state index contributed by atoms with van der Waals surface area (Å²) in [6, 6.07) is 8.40. The van der Waals surface area contributed by atoms with Crippen LogP contribution in [-0.2, 0) is 9.59 Å². The highest BCUT2D eigenvalue weighted by Crippen LogP contribution is 2.40. The zero-order valence-corrected chi connectivity index (χ0v) is 15.9. The molecule has 0 bridgehead atoms. The van der Waals surface area contributed by atoms with Crippen molar-refractivity contribution in [1.29, 1.82) is 0 Å². The summed E-state index contributed by atoms with van der Waals surface area (Å²) in [5.41, 5.74) is 2.83. The van der Waals surface area contributed by atoms with Gasteiger partial charge in [0.15, 0.2) is 0 Å². The molecule has 2 amide bonds. The molecule has 1 aromatic carbocycles. The summed E-state index contributed by atoms with van der Waals surface area (Å²) >= 11 is 0. The highest BCUT2D eigenvalue weighted by Gasteiger charge is 2.35. The second-order valence-electron chi connectivity index (χ2n) is 7.83. The van der Waals surface area contributed by atoms with Crippen molar-refractivity contribution >= 4 is 29.9 Å². The van der Waals surface area contributed by atoms with Crippen molar-refractivity contribution in [2.24, 2.45) is 5.41 Å². The SMILES string of the molecule is Cl.O=C1CC[C@H](c2ccc(N3CCC4(CCNCC4)CC3)cc2)C(=O)N1. The van der Waals surface area contributed by atoms with Crippen molar-refractivity contribution in [1.82, 2.24) is 10.6 Å². The smallest absolute Gasteiger partial charge is 0.234 e. The molecule has 1 aromatic rings. The van der Waals surface area contributed by atoms with Crippen molar-refractivity contribution in [3.8, 4) is 0 Å². The molecule has 0 aromatic heterocycles. The first-order valence-corrected chi connectivity index (χ1v) is 9.55. The van der Waals surface area contributed by atoms with Gasteiger partial charge in [0.25, 0.3) is 0 Å². The molecule has 1 atom stereocenters. The number of hydrogen-bond acceptors (Lipinski definition) is 4. The first kappa shape index (κ1) is 19.2. The average molecular weight is 378 g/mol. The minimum absolute atomic E-state index is 0. The molecule has 3 heterocycles. The minimum Gasteiger partial charge on any atom is -0.371 e. The Labute approximate surface area is 161 Å². The molecule has 0 unspecified atom stereocenters. The Kier molecular flexibility index (Phi) is 5.88. The van der Waals surface area contributed by atoms with Crippen LogP contribution in [0.2, 0.25) is 0 Å². The van der Waals surface area contributed by atoms with Gasteiger partial charge in [0, 0.05) is 25.2 Å². The number of hydrogen-bond donors (Lipinski definition) is 2. The number of nitrogens with one attached hydrogen (secondary N) is 2. The van der Waals surface area contributed by atoms with Crippen molar-refractivity contribution in [3.05, 3.63) is 29.8 Å². The van der Waals surface area contributed by atoms with Crippen LogP contribution in [0.25, 0.3) is 0 Å². The lowest BCUT2D eigenvalue weighted by atomic mass is 9.71. The maximum absolute atomic E-state index is 12.0. The third-order valence-corrected chi connectivity index (χ3v) is 6.39. The van der Waals surface area contributed by atoms with Crippen LogP contribution in [0.1, 0.15) is 50.0 Å². The van der Waals surface area contributed by atoms with Gasteiger partial charge in [0.2, 0.25) is 11.8 Å². The lowest BCUT2D eigenvalue weighted by molar-refractivity contribution is -0.134. The lowest BCUT2D eigenvalue weighted by Gasteiger charge is -2.45. The number of anilines is 1. The zero-order chi connectivity index (χ0) is 17.3. The summed E-state index contributed by atoms with van der Waals surface area (Å²) in [7, 11) is 0. The van der Waals surface area contributed by atoms with Crippen LogP contribution in [0.15, 0.2) is 24.3 Å². The monoisotopic (exact) mass is 377 g/mol. The Morgan fingerprint density at radius 1 is 0.962 bits per heavy atom. The number of amides is 2. The van der Waals surface area contributed by atoms with Crippen LogP contribution in [0.4, 0.5) is 5.69 Å². The van der Waals surface area contributed by atoms with Gasteiger partial charge in [-0.25, -0.2) is 0 Å². The maximum Gasteiger partial charge on any atom is 0.234 e. The second kappa shape index (κ2) is 7.97. The fourth-order valence-corrected chi connectivity index (χ4v) is 4.63. The molecular weight excluding hydrogens is 350 g/mol. The second-order valence-corrected chi connectivity index (χ2v) is 7.83. The summed E-state index contributed by atoms with van der Waals surface area (Å²) in [4.78, 5) is 25.8. The first-order chi connectivity index (χ1) is 12.2. The predicted octanol–water partition coefficient (Wildman–Crippen LogP) is 2.60. The third kappa shape index (κ3) is 3.89. The van der Waals surface area contributed by atoms with Crippen LogP contribution in [0.5, 0.6) is 0 Å². The van der Waals surface area contributed by atoms with Crippen molar-refractivity contribution in [3.63, 3.8) is 0 Å². The van der Waals surface area contributed by atoms with E-state index in [-0.39, 0.29) is 30.1 Å². The molecule has 26 heavy (non-hydrogen) atoms. The Bertz CT molecular complexity index is 646. The number of halogens is 1. The summed E-state index contributed by atoms with van der Waals surface area (Å²) in [5.74, 6) is -0.501. The molecule has 3 fully saturated rings. The van der Waals surface area contributed by atoms with Crippen molar-refractivity contribution in [2.45, 2.75) is 44.4 Å². The maximum atomic E-state index is 12.0. The van der Waals surface area contributed by atoms with Gasteiger partial charge in [-0.3, -0.25) is 14.9 Å². The molecule has 0 aliphatic carbocycles. The summed E-state index contributed by atoms with van der Waals surface area (Å²) in [5, 5.41) is 5.92. The van der Waals surface area contributed by atoms with E-state index >= 15 is 0 Å². The third-order valence-electron chi connectivity index (χ3n) is 6.39. The van der Waals surface area contributed by atoms with Crippen LogP contribution < -0.4 is 15.5 Å². The highest BCUT2D eigenvalue weighted by molar-refractivity contribution is 6.00. The summed E-state index contributed by atoms with van der Waals surface area (Å²) in [6.45, 7) is 4.58. The van der Waals surface area contributed by atoms with Gasteiger partial charge >= 0.3 is 0 Å². The number of piperidine rings is 3. The predicted molar refractivity (Wildman–Crippen MR) is 105 cm³/mol. The zero-order valence-electron chi connectivity index (χ0n) is 15.1. The van der Waals surface area contributed by atoms with Crippen LogP contribution in [0.3, 0.4) is 0 Å². The van der Waals surface area contributed by atoms with Gasteiger partial charge in [0.05, 0.1) is 5.92 Å². The molecule has 3 aliphatic heterocycles. The van der Waals surface area contributed by atoms with Gasteiger partial charge < -0.3 is 10.2 Å². The quantitative estimate of drug-likeness (QED) is 0.778. The van der Waals surface area contributed by atoms with Gasteiger partial charge in [0.1, 0.15) is 0 Å². The molecule has 3 saturated heterocycles. The summed E-state index contributed by atoms with van der Waals surface area (Å²) < 4.78 is 0. The highest BCUT2D eigenvalue weighted by atomic mass is 35.5. The number of nitrogens with zero attached hydrogens (tertiary/aromatic N) is 1. The summed E-state index contributed by atoms with van der Waals surface area (Å²) in [6.07, 6.45) is 6.24. The minimum atomic E-state index is -0.189. The van der Waals surface area contributed by atoms with Gasteiger partial charge in [-0.15, -0.1) is 12.4 Å². The van der Waals surface area contributed by atoms with Crippen molar-refractivity contribution < 1.29 is 9.59 Å². The van der Waals surface area contributed by atoms with Crippen LogP contribution in [0, 0.1) is 5.41 Å². The molecule has 5 nitrogen and oxygen atoms in total. The molecule has 2 N–H and O–H groups in total. The molecule has 142 valence electrons. The molecule has 3 aliphatic rings. The van der Waals surface area contributed by atoms with Crippen LogP contribution in [-0.4, -0.2) is 38.0 Å². The van der Waals surface area contributed by atoms with E-state index in [1.807, 2.05) is 0 Å². The average Bonchev–Trinajstić information content (AvgIpc) is 2.64. The van der Waals surface area contributed by atoms with Gasteiger partial charge in [-0.05, 0) is 68.3 Å². The van der Waals surface area contributed by atoms with E-state index in [1.165, 1.54) is 44.5 Å². The number of benzene rings is 1. The Morgan fingerprint density at radius 2 is 1.62 bits per heavy atom. The number of carbonyl (C=O) groups is 2. The van der Waals surface area contributed by atoms with E-state index in [2.05, 4.69) is 39.8 Å². The van der Waals surface area contributed by atoms with E-state index in [9.17, 15) is 9.59 Å².